The molecule has 0 saturated carbocycles. The number of rotatable bonds is 9. The van der Waals surface area contributed by atoms with Crippen LogP contribution in [-0.4, -0.2) is 27.7 Å². The van der Waals surface area contributed by atoms with Crippen molar-refractivity contribution in [1.29, 1.82) is 0 Å². The van der Waals surface area contributed by atoms with Crippen LogP contribution in [0, 0.1) is 0 Å². The number of hydrogen-bond acceptors (Lipinski definition) is 5. The summed E-state index contributed by atoms with van der Waals surface area (Å²) in [6.07, 6.45) is 5.18. The predicted molar refractivity (Wildman–Crippen MR) is 165 cm³/mol. The van der Waals surface area contributed by atoms with Gasteiger partial charge in [0.15, 0.2) is 0 Å². The zero-order valence-corrected chi connectivity index (χ0v) is 24.8. The van der Waals surface area contributed by atoms with E-state index in [9.17, 15) is 9.59 Å². The average Bonchev–Trinajstić information content (AvgIpc) is 2.93. The molecule has 4 aromatic rings. The summed E-state index contributed by atoms with van der Waals surface area (Å²) in [6.45, 7) is 10.8. The van der Waals surface area contributed by atoms with Gasteiger partial charge in [-0.25, -0.2) is 9.78 Å². The topological polar surface area (TPSA) is 98.1 Å². The van der Waals surface area contributed by atoms with Crippen molar-refractivity contribution in [2.45, 2.75) is 65.8 Å². The minimum absolute atomic E-state index is 0. The number of carbonyl (C=O) groups excluding carboxylic acids is 1. The molecule has 40 heavy (non-hydrogen) atoms. The van der Waals surface area contributed by atoms with Crippen LogP contribution in [0.4, 0.5) is 16.2 Å². The molecular formula is C31H38ClN5O3. The summed E-state index contributed by atoms with van der Waals surface area (Å²) in [5.74, 6) is 0.920. The smallest absolute Gasteiger partial charge is 0.323 e. The predicted octanol–water partition coefficient (Wildman–Crippen LogP) is 7.58. The number of methoxy groups -OCH3 is 1. The second kappa shape index (κ2) is 13.4. The highest BCUT2D eigenvalue weighted by atomic mass is 35.5. The van der Waals surface area contributed by atoms with E-state index < -0.39 is 6.03 Å². The van der Waals surface area contributed by atoms with Gasteiger partial charge in [0.2, 0.25) is 0 Å². The van der Waals surface area contributed by atoms with E-state index in [0.717, 1.165) is 35.0 Å². The number of nitrogens with one attached hydrogen (secondary N) is 2. The number of pyridine rings is 3. The van der Waals surface area contributed by atoms with Crippen LogP contribution in [0.1, 0.15) is 70.6 Å². The van der Waals surface area contributed by atoms with Gasteiger partial charge < -0.3 is 15.4 Å². The SMILES string of the molecule is CCCCn1c(=O)c(NC(=O)Nc2c(C(C)C)ccnc2C(C)C)c(-c2cccc(OC)c2)c2cccnc21.Cl. The molecule has 2 amide bonds. The zero-order valence-electron chi connectivity index (χ0n) is 23.9. The van der Waals surface area contributed by atoms with Crippen LogP contribution in [0.3, 0.4) is 0 Å². The van der Waals surface area contributed by atoms with E-state index in [1.54, 1.807) is 24.1 Å². The Morgan fingerprint density at radius 1 is 0.975 bits per heavy atom. The zero-order chi connectivity index (χ0) is 28.1. The second-order valence-corrected chi connectivity index (χ2v) is 10.2. The molecule has 2 N–H and O–H groups in total. The largest absolute Gasteiger partial charge is 0.497 e. The van der Waals surface area contributed by atoms with Crippen molar-refractivity contribution in [3.63, 3.8) is 0 Å². The van der Waals surface area contributed by atoms with Gasteiger partial charge in [-0.15, -0.1) is 12.4 Å². The third-order valence-electron chi connectivity index (χ3n) is 6.77. The van der Waals surface area contributed by atoms with Crippen molar-refractivity contribution in [1.82, 2.24) is 14.5 Å². The first-order chi connectivity index (χ1) is 18.8. The molecule has 8 nitrogen and oxygen atoms in total. The van der Waals surface area contributed by atoms with Gasteiger partial charge in [-0.05, 0) is 59.7 Å². The summed E-state index contributed by atoms with van der Waals surface area (Å²) in [5.41, 5.74) is 4.28. The van der Waals surface area contributed by atoms with Gasteiger partial charge in [0.05, 0.1) is 18.5 Å². The van der Waals surface area contributed by atoms with Crippen molar-refractivity contribution < 1.29 is 9.53 Å². The molecule has 0 spiro atoms. The number of nitrogens with zero attached hydrogens (tertiary/aromatic N) is 3. The monoisotopic (exact) mass is 563 g/mol. The molecule has 3 heterocycles. The van der Waals surface area contributed by atoms with Crippen LogP contribution in [0.5, 0.6) is 5.75 Å². The number of fused-ring (bicyclic) bond motifs is 1. The maximum atomic E-state index is 14.0. The van der Waals surface area contributed by atoms with Gasteiger partial charge in [-0.1, -0.05) is 53.2 Å². The quantitative estimate of drug-likeness (QED) is 0.219. The Bertz CT molecular complexity index is 1520. The molecule has 0 fully saturated rings. The lowest BCUT2D eigenvalue weighted by atomic mass is 9.97. The summed E-state index contributed by atoms with van der Waals surface area (Å²) in [5, 5.41) is 6.72. The van der Waals surface area contributed by atoms with E-state index in [-0.39, 0.29) is 35.5 Å². The fraction of sp³-hybridized carbons (Fsp3) is 0.355. The minimum Gasteiger partial charge on any atom is -0.497 e. The van der Waals surface area contributed by atoms with Crippen LogP contribution in [0.2, 0.25) is 0 Å². The Hall–Kier alpha value is -3.91. The summed E-state index contributed by atoms with van der Waals surface area (Å²) in [6, 6.07) is 12.7. The number of hydrogen-bond donors (Lipinski definition) is 2. The summed E-state index contributed by atoms with van der Waals surface area (Å²) >= 11 is 0. The highest BCUT2D eigenvalue weighted by Crippen LogP contribution is 2.35. The number of aryl methyl sites for hydroxylation is 1. The molecule has 9 heteroatoms. The Kier molecular flexibility index (Phi) is 10.3. The second-order valence-electron chi connectivity index (χ2n) is 10.2. The number of urea groups is 1. The van der Waals surface area contributed by atoms with Crippen molar-refractivity contribution in [3.05, 3.63) is 76.5 Å². The van der Waals surface area contributed by atoms with E-state index in [1.165, 1.54) is 0 Å². The number of anilines is 2. The first-order valence-electron chi connectivity index (χ1n) is 13.5. The highest BCUT2D eigenvalue weighted by molar-refractivity contribution is 6.07. The number of benzene rings is 1. The number of ether oxygens (including phenoxy) is 1. The lowest BCUT2D eigenvalue weighted by Crippen LogP contribution is -2.30. The minimum atomic E-state index is -0.502. The van der Waals surface area contributed by atoms with E-state index in [2.05, 4.69) is 41.4 Å². The van der Waals surface area contributed by atoms with Crippen molar-refractivity contribution in [2.24, 2.45) is 0 Å². The Morgan fingerprint density at radius 3 is 2.40 bits per heavy atom. The summed E-state index contributed by atoms with van der Waals surface area (Å²) < 4.78 is 7.12. The van der Waals surface area contributed by atoms with Gasteiger partial charge in [-0.2, -0.15) is 0 Å². The normalized spacial score (nSPS) is 11.0. The molecule has 0 unspecified atom stereocenters. The van der Waals surface area contributed by atoms with Crippen molar-refractivity contribution >= 4 is 40.8 Å². The van der Waals surface area contributed by atoms with E-state index in [4.69, 9.17) is 4.74 Å². The third-order valence-corrected chi connectivity index (χ3v) is 6.77. The van der Waals surface area contributed by atoms with Gasteiger partial charge in [-0.3, -0.25) is 14.3 Å². The number of halogens is 1. The molecule has 0 bridgehead atoms. The summed E-state index contributed by atoms with van der Waals surface area (Å²) in [7, 11) is 1.60. The lowest BCUT2D eigenvalue weighted by molar-refractivity contribution is 0.262. The molecule has 3 aromatic heterocycles. The molecule has 4 rings (SSSR count). The highest BCUT2D eigenvalue weighted by Gasteiger charge is 2.23. The number of carbonyl (C=O) groups is 1. The van der Waals surface area contributed by atoms with Crippen LogP contribution in [0.15, 0.2) is 59.7 Å². The fourth-order valence-electron chi connectivity index (χ4n) is 4.81. The molecule has 0 saturated heterocycles. The molecule has 0 radical (unpaired) electrons. The first kappa shape index (κ1) is 30.6. The fourth-order valence-corrected chi connectivity index (χ4v) is 4.81. The van der Waals surface area contributed by atoms with Crippen molar-refractivity contribution in [2.75, 3.05) is 17.7 Å². The molecule has 1 aromatic carbocycles. The number of unbranched alkanes of at least 4 members (excludes halogenated alkanes) is 1. The van der Waals surface area contributed by atoms with Crippen LogP contribution >= 0.6 is 12.4 Å². The Labute approximate surface area is 241 Å². The molecule has 0 atom stereocenters. The Morgan fingerprint density at radius 2 is 1.73 bits per heavy atom. The Balaban J connectivity index is 0.00000441. The molecular weight excluding hydrogens is 526 g/mol. The van der Waals surface area contributed by atoms with Gasteiger partial charge in [0.25, 0.3) is 5.56 Å². The maximum Gasteiger partial charge on any atom is 0.323 e. The van der Waals surface area contributed by atoms with Crippen LogP contribution in [0.25, 0.3) is 22.2 Å². The molecule has 0 aliphatic heterocycles. The van der Waals surface area contributed by atoms with E-state index in [1.807, 2.05) is 56.3 Å². The van der Waals surface area contributed by atoms with E-state index >= 15 is 0 Å². The first-order valence-corrected chi connectivity index (χ1v) is 13.5. The molecule has 212 valence electrons. The van der Waals surface area contributed by atoms with Gasteiger partial charge in [0.1, 0.15) is 17.1 Å². The lowest BCUT2D eigenvalue weighted by Gasteiger charge is -2.21. The van der Waals surface area contributed by atoms with Crippen molar-refractivity contribution in [3.8, 4) is 16.9 Å². The van der Waals surface area contributed by atoms with Gasteiger partial charge in [0, 0.05) is 29.9 Å². The standard InChI is InChI=1S/C31H37N5O3.ClH/c1-7-8-17-36-29-24(13-10-15-33-29)25(21-11-9-12-22(18-21)39-6)28(30(36)37)35-31(38)34-27-23(19(2)3)14-16-32-26(27)20(4)5;/h9-16,18-20H,7-8,17H2,1-6H3,(H2,34,35,38);1H. The third kappa shape index (κ3) is 6.28. The number of aromatic nitrogens is 3. The number of amides is 2. The van der Waals surface area contributed by atoms with E-state index in [0.29, 0.717) is 29.2 Å². The van der Waals surface area contributed by atoms with Gasteiger partial charge >= 0.3 is 6.03 Å². The molecule has 0 aliphatic rings. The molecule has 0 aliphatic carbocycles. The average molecular weight is 564 g/mol. The maximum absolute atomic E-state index is 14.0. The van der Waals surface area contributed by atoms with Crippen LogP contribution in [-0.2, 0) is 6.54 Å². The van der Waals surface area contributed by atoms with Crippen LogP contribution < -0.4 is 20.9 Å². The summed E-state index contributed by atoms with van der Waals surface area (Å²) in [4.78, 5) is 36.7.